The Balaban J connectivity index is 1.32. The molecular weight excluding hydrogens is 358 g/mol. The highest BCUT2D eigenvalue weighted by Crippen LogP contribution is 2.17. The minimum atomic E-state index is -0.538. The first kappa shape index (κ1) is 20.9. The topological polar surface area (TPSA) is 65.5 Å². The highest BCUT2D eigenvalue weighted by Gasteiger charge is 2.24. The number of piperazine rings is 1. The van der Waals surface area contributed by atoms with E-state index < -0.39 is 6.10 Å². The number of hydrogen-bond acceptors (Lipinski definition) is 6. The molecule has 0 radical (unpaired) electrons. The fourth-order valence-corrected chi connectivity index (χ4v) is 3.73. The van der Waals surface area contributed by atoms with Gasteiger partial charge in [0.15, 0.2) is 0 Å². The molecule has 3 rings (SSSR count). The van der Waals surface area contributed by atoms with E-state index in [2.05, 4.69) is 9.80 Å². The molecular formula is C21H33N3O4. The molecule has 2 saturated heterocycles. The number of carbonyl (C=O) groups excluding carboxylic acids is 1. The smallest absolute Gasteiger partial charge is 0.236 e. The Kier molecular flexibility index (Phi) is 7.94. The van der Waals surface area contributed by atoms with Gasteiger partial charge in [0.2, 0.25) is 5.91 Å². The lowest BCUT2D eigenvalue weighted by molar-refractivity contribution is -0.131. The number of carbonyl (C=O) groups is 1. The summed E-state index contributed by atoms with van der Waals surface area (Å²) >= 11 is 0. The van der Waals surface area contributed by atoms with Gasteiger partial charge in [0.05, 0.1) is 13.2 Å². The predicted octanol–water partition coefficient (Wildman–Crippen LogP) is 1.07. The van der Waals surface area contributed by atoms with Crippen LogP contribution in [0.1, 0.15) is 19.8 Å². The van der Waals surface area contributed by atoms with Crippen LogP contribution in [0.2, 0.25) is 0 Å². The maximum absolute atomic E-state index is 12.3. The first-order chi connectivity index (χ1) is 13.6. The average molecular weight is 392 g/mol. The van der Waals surface area contributed by atoms with E-state index in [1.54, 1.807) is 0 Å². The standard InChI is InChI=1S/C21H33N3O4/c1-2-27-19-5-7-20(8-6-19)28-17-18(25)15-22-11-13-23(14-12-22)16-21(26)24-9-3-4-10-24/h5-8,18,25H,2-4,9-17H2,1H3. The molecule has 156 valence electrons. The Morgan fingerprint density at radius 3 is 2.14 bits per heavy atom. The van der Waals surface area contributed by atoms with Crippen LogP contribution in [0.4, 0.5) is 0 Å². The summed E-state index contributed by atoms with van der Waals surface area (Å²) in [4.78, 5) is 18.7. The summed E-state index contributed by atoms with van der Waals surface area (Å²) in [5.41, 5.74) is 0. The third-order valence-electron chi connectivity index (χ3n) is 5.33. The molecule has 0 saturated carbocycles. The molecule has 1 amide bonds. The number of aliphatic hydroxyl groups excluding tert-OH is 1. The van der Waals surface area contributed by atoms with Crippen LogP contribution < -0.4 is 9.47 Å². The molecule has 0 aromatic heterocycles. The summed E-state index contributed by atoms with van der Waals surface area (Å²) in [5, 5.41) is 10.3. The molecule has 0 aliphatic carbocycles. The lowest BCUT2D eigenvalue weighted by Crippen LogP contribution is -2.51. The van der Waals surface area contributed by atoms with Gasteiger partial charge in [-0.25, -0.2) is 0 Å². The molecule has 1 aromatic carbocycles. The Morgan fingerprint density at radius 1 is 0.964 bits per heavy atom. The summed E-state index contributed by atoms with van der Waals surface area (Å²) in [5.74, 6) is 1.80. The average Bonchev–Trinajstić information content (AvgIpc) is 3.24. The van der Waals surface area contributed by atoms with Gasteiger partial charge in [-0.15, -0.1) is 0 Å². The molecule has 2 aliphatic heterocycles. The van der Waals surface area contributed by atoms with Gasteiger partial charge in [-0.3, -0.25) is 14.6 Å². The maximum atomic E-state index is 12.3. The number of nitrogens with zero attached hydrogens (tertiary/aromatic N) is 3. The van der Waals surface area contributed by atoms with E-state index in [1.807, 2.05) is 36.1 Å². The van der Waals surface area contributed by atoms with E-state index in [4.69, 9.17) is 9.47 Å². The predicted molar refractivity (Wildman–Crippen MR) is 108 cm³/mol. The second kappa shape index (κ2) is 10.6. The zero-order valence-corrected chi connectivity index (χ0v) is 16.9. The molecule has 1 aromatic rings. The molecule has 7 heteroatoms. The molecule has 2 heterocycles. The molecule has 28 heavy (non-hydrogen) atoms. The summed E-state index contributed by atoms with van der Waals surface area (Å²) in [6.07, 6.45) is 1.73. The Hall–Kier alpha value is -1.83. The van der Waals surface area contributed by atoms with Crippen molar-refractivity contribution >= 4 is 5.91 Å². The molecule has 1 N–H and O–H groups in total. The van der Waals surface area contributed by atoms with Crippen LogP contribution in [0.3, 0.4) is 0 Å². The minimum Gasteiger partial charge on any atom is -0.494 e. The largest absolute Gasteiger partial charge is 0.494 e. The van der Waals surface area contributed by atoms with Crippen molar-refractivity contribution < 1.29 is 19.4 Å². The zero-order valence-electron chi connectivity index (χ0n) is 16.9. The lowest BCUT2D eigenvalue weighted by atomic mass is 10.2. The van der Waals surface area contributed by atoms with Crippen LogP contribution in [0, 0.1) is 0 Å². The molecule has 0 bridgehead atoms. The van der Waals surface area contributed by atoms with Gasteiger partial charge >= 0.3 is 0 Å². The zero-order chi connectivity index (χ0) is 19.8. The fourth-order valence-electron chi connectivity index (χ4n) is 3.73. The van der Waals surface area contributed by atoms with Crippen LogP contribution in [0.25, 0.3) is 0 Å². The van der Waals surface area contributed by atoms with Crippen molar-refractivity contribution in [3.05, 3.63) is 24.3 Å². The number of ether oxygens (including phenoxy) is 2. The first-order valence-corrected chi connectivity index (χ1v) is 10.4. The number of hydrogen-bond donors (Lipinski definition) is 1. The molecule has 0 spiro atoms. The van der Waals surface area contributed by atoms with Crippen LogP contribution >= 0.6 is 0 Å². The number of rotatable bonds is 9. The normalized spacial score (nSPS) is 19.6. The van der Waals surface area contributed by atoms with E-state index in [0.717, 1.165) is 63.6 Å². The third-order valence-corrected chi connectivity index (χ3v) is 5.33. The van der Waals surface area contributed by atoms with Gasteiger partial charge in [0.25, 0.3) is 0 Å². The van der Waals surface area contributed by atoms with Crippen molar-refractivity contribution in [2.75, 3.05) is 65.6 Å². The Bertz CT molecular complexity index is 596. The van der Waals surface area contributed by atoms with Gasteiger partial charge in [-0.2, -0.15) is 0 Å². The molecule has 2 aliphatic rings. The van der Waals surface area contributed by atoms with Crippen LogP contribution in [0.5, 0.6) is 11.5 Å². The van der Waals surface area contributed by atoms with Crippen molar-refractivity contribution in [1.82, 2.24) is 14.7 Å². The third kappa shape index (κ3) is 6.36. The fraction of sp³-hybridized carbons (Fsp3) is 0.667. The second-order valence-electron chi connectivity index (χ2n) is 7.53. The number of benzene rings is 1. The van der Waals surface area contributed by atoms with E-state index >= 15 is 0 Å². The molecule has 1 unspecified atom stereocenters. The highest BCUT2D eigenvalue weighted by molar-refractivity contribution is 5.78. The van der Waals surface area contributed by atoms with Crippen molar-refractivity contribution in [3.63, 3.8) is 0 Å². The summed E-state index contributed by atoms with van der Waals surface area (Å²) < 4.78 is 11.1. The maximum Gasteiger partial charge on any atom is 0.236 e. The van der Waals surface area contributed by atoms with Gasteiger partial charge in [0.1, 0.15) is 24.2 Å². The van der Waals surface area contributed by atoms with Gasteiger partial charge < -0.3 is 19.5 Å². The SMILES string of the molecule is CCOc1ccc(OCC(O)CN2CCN(CC(=O)N3CCCC3)CC2)cc1. The van der Waals surface area contributed by atoms with E-state index in [1.165, 1.54) is 0 Å². The number of aliphatic hydroxyl groups is 1. The second-order valence-corrected chi connectivity index (χ2v) is 7.53. The van der Waals surface area contributed by atoms with Gasteiger partial charge in [-0.05, 0) is 44.0 Å². The van der Waals surface area contributed by atoms with Crippen LogP contribution in [0.15, 0.2) is 24.3 Å². The number of β-amino-alcohol motifs (C(OH)–C–C–N with tert-alkyl or cyclic N) is 1. The van der Waals surface area contributed by atoms with E-state index in [-0.39, 0.29) is 12.5 Å². The van der Waals surface area contributed by atoms with E-state index in [0.29, 0.717) is 19.7 Å². The van der Waals surface area contributed by atoms with Crippen molar-refractivity contribution in [3.8, 4) is 11.5 Å². The summed E-state index contributed by atoms with van der Waals surface area (Å²) in [6, 6.07) is 7.45. The van der Waals surface area contributed by atoms with Crippen molar-refractivity contribution in [2.45, 2.75) is 25.9 Å². The van der Waals surface area contributed by atoms with Crippen molar-refractivity contribution in [1.29, 1.82) is 0 Å². The minimum absolute atomic E-state index is 0.259. The molecule has 1 atom stereocenters. The monoisotopic (exact) mass is 391 g/mol. The number of likely N-dealkylation sites (tertiary alicyclic amines) is 1. The van der Waals surface area contributed by atoms with Crippen LogP contribution in [-0.4, -0.2) is 97.4 Å². The highest BCUT2D eigenvalue weighted by atomic mass is 16.5. The Labute approximate surface area is 167 Å². The van der Waals surface area contributed by atoms with E-state index in [9.17, 15) is 9.90 Å². The Morgan fingerprint density at radius 2 is 1.54 bits per heavy atom. The van der Waals surface area contributed by atoms with Crippen LogP contribution in [-0.2, 0) is 4.79 Å². The molecule has 7 nitrogen and oxygen atoms in total. The lowest BCUT2D eigenvalue weighted by Gasteiger charge is -2.35. The van der Waals surface area contributed by atoms with Gasteiger partial charge in [0, 0.05) is 45.8 Å². The van der Waals surface area contributed by atoms with Crippen molar-refractivity contribution in [2.24, 2.45) is 0 Å². The first-order valence-electron chi connectivity index (χ1n) is 10.4. The molecule has 2 fully saturated rings. The van der Waals surface area contributed by atoms with Gasteiger partial charge in [-0.1, -0.05) is 0 Å². The summed E-state index contributed by atoms with van der Waals surface area (Å²) in [7, 11) is 0. The number of amides is 1. The quantitative estimate of drug-likeness (QED) is 0.679. The summed E-state index contributed by atoms with van der Waals surface area (Å²) in [6.45, 7) is 9.27.